The minimum Gasteiger partial charge on any atom is -0.497 e. The van der Waals surface area contributed by atoms with Crippen LogP contribution in [0.15, 0.2) is 24.3 Å². The number of hydrogen-bond donors (Lipinski definition) is 3. The molecule has 0 aliphatic heterocycles. The summed E-state index contributed by atoms with van der Waals surface area (Å²) in [5.74, 6) is 0.509. The van der Waals surface area contributed by atoms with Crippen molar-refractivity contribution in [1.82, 2.24) is 10.6 Å². The van der Waals surface area contributed by atoms with Crippen molar-refractivity contribution in [3.8, 4) is 5.75 Å². The highest BCUT2D eigenvalue weighted by atomic mass is 35.6. The van der Waals surface area contributed by atoms with Gasteiger partial charge in [0.2, 0.25) is 9.70 Å². The monoisotopic (exact) mass is 411 g/mol. The molecule has 0 saturated carbocycles. The van der Waals surface area contributed by atoms with E-state index in [0.29, 0.717) is 6.42 Å². The molecular weight excluding hydrogens is 393 g/mol. The maximum atomic E-state index is 11.9. The predicted molar refractivity (Wildman–Crippen MR) is 104 cm³/mol. The molecule has 0 fully saturated rings. The summed E-state index contributed by atoms with van der Waals surface area (Å²) in [5, 5.41) is 8.60. The number of methoxy groups -OCH3 is 1. The third-order valence-corrected chi connectivity index (χ3v) is 3.89. The number of ether oxygens (including phenoxy) is 1. The molecule has 0 radical (unpaired) electrons. The number of hydrogen-bond acceptors (Lipinski definition) is 3. The van der Waals surface area contributed by atoms with Gasteiger partial charge in [0.1, 0.15) is 11.9 Å². The van der Waals surface area contributed by atoms with Gasteiger partial charge in [-0.25, -0.2) is 0 Å². The van der Waals surface area contributed by atoms with Gasteiger partial charge in [-0.15, -0.1) is 0 Å². The number of anilines is 1. The van der Waals surface area contributed by atoms with Gasteiger partial charge in [-0.1, -0.05) is 48.1 Å². The summed E-state index contributed by atoms with van der Waals surface area (Å²) in [7, 11) is 1.58. The SMILES string of the molecule is CCCCC(=O)N[C@@H](NC(=S)Nc1ccc(OC)cc1)C(Cl)(Cl)Cl. The van der Waals surface area contributed by atoms with E-state index in [1.807, 2.05) is 6.92 Å². The van der Waals surface area contributed by atoms with E-state index in [9.17, 15) is 4.79 Å². The Kier molecular flexibility index (Phi) is 8.91. The van der Waals surface area contributed by atoms with Crippen molar-refractivity contribution in [1.29, 1.82) is 0 Å². The molecule has 1 amide bonds. The van der Waals surface area contributed by atoms with Gasteiger partial charge >= 0.3 is 0 Å². The fourth-order valence-corrected chi connectivity index (χ4v) is 2.31. The number of rotatable bonds is 7. The number of unbranched alkanes of at least 4 members (excludes halogenated alkanes) is 1. The lowest BCUT2D eigenvalue weighted by Gasteiger charge is -2.27. The second-order valence-electron chi connectivity index (χ2n) is 4.97. The van der Waals surface area contributed by atoms with E-state index in [0.717, 1.165) is 24.3 Å². The molecule has 24 heavy (non-hydrogen) atoms. The maximum absolute atomic E-state index is 11.9. The number of benzene rings is 1. The fraction of sp³-hybridized carbons (Fsp3) is 0.467. The smallest absolute Gasteiger partial charge is 0.228 e. The van der Waals surface area contributed by atoms with E-state index in [1.54, 1.807) is 31.4 Å². The van der Waals surface area contributed by atoms with Gasteiger partial charge < -0.3 is 20.7 Å². The highest BCUT2D eigenvalue weighted by Crippen LogP contribution is 2.29. The largest absolute Gasteiger partial charge is 0.497 e. The molecule has 1 aromatic carbocycles. The second kappa shape index (κ2) is 10.1. The number of thiocarbonyl (C=S) groups is 1. The van der Waals surface area contributed by atoms with Gasteiger partial charge in [0.15, 0.2) is 5.11 Å². The zero-order valence-electron chi connectivity index (χ0n) is 13.4. The zero-order chi connectivity index (χ0) is 18.2. The van der Waals surface area contributed by atoms with Crippen molar-refractivity contribution >= 4 is 63.7 Å². The minimum absolute atomic E-state index is 0.215. The van der Waals surface area contributed by atoms with E-state index in [2.05, 4.69) is 16.0 Å². The molecule has 5 nitrogen and oxygen atoms in total. The molecule has 0 aromatic heterocycles. The van der Waals surface area contributed by atoms with Gasteiger partial charge in [-0.05, 0) is 42.9 Å². The molecule has 0 aliphatic rings. The van der Waals surface area contributed by atoms with Crippen LogP contribution >= 0.6 is 47.0 Å². The first-order chi connectivity index (χ1) is 11.3. The summed E-state index contributed by atoms with van der Waals surface area (Å²) in [6.07, 6.45) is 1.06. The van der Waals surface area contributed by atoms with Gasteiger partial charge in [0, 0.05) is 12.1 Å². The summed E-state index contributed by atoms with van der Waals surface area (Å²) in [6.45, 7) is 1.99. The molecule has 1 rings (SSSR count). The topological polar surface area (TPSA) is 62.4 Å². The first kappa shape index (κ1) is 21.1. The quantitative estimate of drug-likeness (QED) is 0.359. The van der Waals surface area contributed by atoms with E-state index < -0.39 is 9.96 Å². The van der Waals surface area contributed by atoms with Crippen molar-refractivity contribution in [2.24, 2.45) is 0 Å². The van der Waals surface area contributed by atoms with Crippen molar-refractivity contribution in [3.05, 3.63) is 24.3 Å². The maximum Gasteiger partial charge on any atom is 0.228 e. The van der Waals surface area contributed by atoms with Crippen LogP contribution in [0, 0.1) is 0 Å². The molecule has 0 spiro atoms. The Morgan fingerprint density at radius 3 is 2.38 bits per heavy atom. The van der Waals surface area contributed by atoms with Crippen LogP contribution < -0.4 is 20.7 Å². The van der Waals surface area contributed by atoms with Gasteiger partial charge in [-0.3, -0.25) is 4.79 Å². The van der Waals surface area contributed by atoms with Crippen LogP contribution in [0.2, 0.25) is 0 Å². The first-order valence-corrected chi connectivity index (χ1v) is 8.88. The van der Waals surface area contributed by atoms with Crippen LogP contribution in [-0.4, -0.2) is 28.1 Å². The number of alkyl halides is 3. The Balaban J connectivity index is 2.64. The van der Waals surface area contributed by atoms with Crippen molar-refractivity contribution < 1.29 is 9.53 Å². The van der Waals surface area contributed by atoms with Crippen LogP contribution in [-0.2, 0) is 4.79 Å². The van der Waals surface area contributed by atoms with E-state index >= 15 is 0 Å². The first-order valence-electron chi connectivity index (χ1n) is 7.34. The Labute approximate surface area is 162 Å². The third-order valence-electron chi connectivity index (χ3n) is 3.01. The van der Waals surface area contributed by atoms with Crippen LogP contribution in [0.5, 0.6) is 5.75 Å². The summed E-state index contributed by atoms with van der Waals surface area (Å²) >= 11 is 22.9. The summed E-state index contributed by atoms with van der Waals surface area (Å²) in [4.78, 5) is 11.9. The van der Waals surface area contributed by atoms with Gasteiger partial charge in [0.25, 0.3) is 0 Å². The Hall–Kier alpha value is -0.950. The number of carbonyl (C=O) groups is 1. The Morgan fingerprint density at radius 2 is 1.88 bits per heavy atom. The number of halogens is 3. The molecule has 0 heterocycles. The van der Waals surface area contributed by atoms with E-state index in [4.69, 9.17) is 51.8 Å². The highest BCUT2D eigenvalue weighted by molar-refractivity contribution is 7.80. The lowest BCUT2D eigenvalue weighted by Crippen LogP contribution is -2.56. The highest BCUT2D eigenvalue weighted by Gasteiger charge is 2.34. The second-order valence-corrected chi connectivity index (χ2v) is 7.75. The molecule has 0 aliphatic carbocycles. The van der Waals surface area contributed by atoms with Crippen LogP contribution in [0.4, 0.5) is 5.69 Å². The lowest BCUT2D eigenvalue weighted by atomic mass is 10.2. The van der Waals surface area contributed by atoms with E-state index in [1.165, 1.54) is 0 Å². The average molecular weight is 413 g/mol. The standard InChI is InChI=1S/C15H20Cl3N3O2S/c1-3-4-5-12(22)20-13(15(16,17)18)21-14(24)19-10-6-8-11(23-2)9-7-10/h6-9,13H,3-5H2,1-2H3,(H,20,22)(H2,19,21,24)/t13-/m0/s1. The molecule has 134 valence electrons. The van der Waals surface area contributed by atoms with Crippen LogP contribution in [0.1, 0.15) is 26.2 Å². The molecule has 0 unspecified atom stereocenters. The normalized spacial score (nSPS) is 12.2. The molecular formula is C15H20Cl3N3O2S. The minimum atomic E-state index is -1.76. The summed E-state index contributed by atoms with van der Waals surface area (Å²) in [6, 6.07) is 7.14. The lowest BCUT2D eigenvalue weighted by molar-refractivity contribution is -0.122. The number of amides is 1. The van der Waals surface area contributed by atoms with Gasteiger partial charge in [0.05, 0.1) is 7.11 Å². The Morgan fingerprint density at radius 1 is 1.25 bits per heavy atom. The van der Waals surface area contributed by atoms with Crippen LogP contribution in [0.3, 0.4) is 0 Å². The number of nitrogens with one attached hydrogen (secondary N) is 3. The third kappa shape index (κ3) is 7.75. The van der Waals surface area contributed by atoms with Crippen molar-refractivity contribution in [3.63, 3.8) is 0 Å². The van der Waals surface area contributed by atoms with Crippen molar-refractivity contribution in [2.75, 3.05) is 12.4 Å². The summed E-state index contributed by atoms with van der Waals surface area (Å²) < 4.78 is 3.33. The zero-order valence-corrected chi connectivity index (χ0v) is 16.5. The molecule has 1 atom stereocenters. The van der Waals surface area contributed by atoms with Gasteiger partial charge in [-0.2, -0.15) is 0 Å². The van der Waals surface area contributed by atoms with Crippen LogP contribution in [0.25, 0.3) is 0 Å². The fourth-order valence-electron chi connectivity index (χ4n) is 1.74. The summed E-state index contributed by atoms with van der Waals surface area (Å²) in [5.41, 5.74) is 0.730. The molecule has 9 heteroatoms. The molecule has 0 bridgehead atoms. The predicted octanol–water partition coefficient (Wildman–Crippen LogP) is 3.98. The average Bonchev–Trinajstić information content (AvgIpc) is 2.52. The number of carbonyl (C=O) groups excluding carboxylic acids is 1. The Bertz CT molecular complexity index is 550. The molecule has 3 N–H and O–H groups in total. The molecule has 1 aromatic rings. The van der Waals surface area contributed by atoms with E-state index in [-0.39, 0.29) is 11.0 Å². The van der Waals surface area contributed by atoms with Crippen molar-refractivity contribution in [2.45, 2.75) is 36.1 Å². The molecule has 0 saturated heterocycles.